The van der Waals surface area contributed by atoms with E-state index in [1.54, 1.807) is 0 Å². The molecule has 6 nitrogen and oxygen atoms in total. The SMILES string of the molecule is CC(C)c1cc(C(=O)N2CCCN(C(=O)CC3CCCC3)CC2)n[nH]1. The zero-order chi connectivity index (χ0) is 17.8. The molecule has 0 unspecified atom stereocenters. The van der Waals surface area contributed by atoms with Crippen LogP contribution in [0.5, 0.6) is 0 Å². The smallest absolute Gasteiger partial charge is 0.274 e. The van der Waals surface area contributed by atoms with Crippen molar-refractivity contribution in [1.82, 2.24) is 20.0 Å². The number of hydrogen-bond donors (Lipinski definition) is 1. The van der Waals surface area contributed by atoms with Crippen molar-refractivity contribution in [2.45, 2.75) is 58.3 Å². The molecule has 1 aromatic heterocycles. The Morgan fingerprint density at radius 2 is 1.80 bits per heavy atom. The molecule has 1 saturated heterocycles. The fourth-order valence-corrected chi connectivity index (χ4v) is 3.86. The third kappa shape index (κ3) is 4.41. The minimum absolute atomic E-state index is 0.0340. The number of aromatic amines is 1. The van der Waals surface area contributed by atoms with Crippen LogP contribution in [0.1, 0.15) is 74.5 Å². The number of H-pyrrole nitrogens is 1. The van der Waals surface area contributed by atoms with E-state index in [0.29, 0.717) is 43.6 Å². The third-order valence-electron chi connectivity index (χ3n) is 5.51. The van der Waals surface area contributed by atoms with Gasteiger partial charge in [-0.05, 0) is 37.2 Å². The normalized spacial score (nSPS) is 19.5. The first-order chi connectivity index (χ1) is 12.0. The Morgan fingerprint density at radius 1 is 1.12 bits per heavy atom. The predicted molar refractivity (Wildman–Crippen MR) is 96.4 cm³/mol. The number of carbonyl (C=O) groups is 2. The molecule has 2 heterocycles. The molecule has 2 fully saturated rings. The first kappa shape index (κ1) is 18.0. The zero-order valence-electron chi connectivity index (χ0n) is 15.5. The van der Waals surface area contributed by atoms with Crippen molar-refractivity contribution in [3.8, 4) is 0 Å². The number of hydrogen-bond acceptors (Lipinski definition) is 3. The van der Waals surface area contributed by atoms with Gasteiger partial charge in [-0.2, -0.15) is 5.10 Å². The lowest BCUT2D eigenvalue weighted by Gasteiger charge is -2.23. The van der Waals surface area contributed by atoms with Gasteiger partial charge in [0.25, 0.3) is 5.91 Å². The molecule has 1 N–H and O–H groups in total. The van der Waals surface area contributed by atoms with E-state index in [2.05, 4.69) is 24.0 Å². The summed E-state index contributed by atoms with van der Waals surface area (Å²) in [6.45, 7) is 6.82. The van der Waals surface area contributed by atoms with Crippen molar-refractivity contribution in [1.29, 1.82) is 0 Å². The van der Waals surface area contributed by atoms with Crippen LogP contribution in [-0.2, 0) is 4.79 Å². The van der Waals surface area contributed by atoms with Crippen LogP contribution in [0.3, 0.4) is 0 Å². The molecule has 1 aliphatic heterocycles. The fourth-order valence-electron chi connectivity index (χ4n) is 3.86. The summed E-state index contributed by atoms with van der Waals surface area (Å²) >= 11 is 0. The van der Waals surface area contributed by atoms with Crippen molar-refractivity contribution in [3.63, 3.8) is 0 Å². The number of aromatic nitrogens is 2. The van der Waals surface area contributed by atoms with Crippen molar-refractivity contribution in [2.75, 3.05) is 26.2 Å². The van der Waals surface area contributed by atoms with Crippen molar-refractivity contribution < 1.29 is 9.59 Å². The van der Waals surface area contributed by atoms with Gasteiger partial charge in [-0.25, -0.2) is 0 Å². The fraction of sp³-hybridized carbons (Fsp3) is 0.737. The summed E-state index contributed by atoms with van der Waals surface area (Å²) in [5.41, 5.74) is 1.46. The number of carbonyl (C=O) groups excluding carboxylic acids is 2. The Labute approximate surface area is 149 Å². The van der Waals surface area contributed by atoms with Gasteiger partial charge in [0.1, 0.15) is 5.69 Å². The van der Waals surface area contributed by atoms with E-state index < -0.39 is 0 Å². The van der Waals surface area contributed by atoms with E-state index in [9.17, 15) is 9.59 Å². The van der Waals surface area contributed by atoms with Gasteiger partial charge < -0.3 is 9.80 Å². The highest BCUT2D eigenvalue weighted by atomic mass is 16.2. The lowest BCUT2D eigenvalue weighted by molar-refractivity contribution is -0.132. The average molecular weight is 346 g/mol. The zero-order valence-corrected chi connectivity index (χ0v) is 15.5. The Kier molecular flexibility index (Phi) is 5.76. The van der Waals surface area contributed by atoms with E-state index >= 15 is 0 Å². The molecule has 0 aromatic carbocycles. The summed E-state index contributed by atoms with van der Waals surface area (Å²) < 4.78 is 0. The van der Waals surface area contributed by atoms with Gasteiger partial charge in [-0.1, -0.05) is 26.7 Å². The number of rotatable bonds is 4. The van der Waals surface area contributed by atoms with Crippen LogP contribution in [-0.4, -0.2) is 58.0 Å². The van der Waals surface area contributed by atoms with Crippen LogP contribution in [0.2, 0.25) is 0 Å². The summed E-state index contributed by atoms with van der Waals surface area (Å²) in [6.07, 6.45) is 6.45. The van der Waals surface area contributed by atoms with Gasteiger partial charge >= 0.3 is 0 Å². The Bertz CT molecular complexity index is 604. The first-order valence-electron chi connectivity index (χ1n) is 9.67. The predicted octanol–water partition coefficient (Wildman–Crippen LogP) is 2.79. The summed E-state index contributed by atoms with van der Waals surface area (Å²) in [4.78, 5) is 29.0. The molecule has 1 aromatic rings. The maximum atomic E-state index is 12.7. The highest BCUT2D eigenvalue weighted by Crippen LogP contribution is 2.28. The van der Waals surface area contributed by atoms with E-state index in [0.717, 1.165) is 18.7 Å². The van der Waals surface area contributed by atoms with Crippen LogP contribution in [0.4, 0.5) is 0 Å². The lowest BCUT2D eigenvalue weighted by atomic mass is 10.0. The summed E-state index contributed by atoms with van der Waals surface area (Å²) in [7, 11) is 0. The second kappa shape index (κ2) is 8.02. The van der Waals surface area contributed by atoms with Gasteiger partial charge in [-0.15, -0.1) is 0 Å². The van der Waals surface area contributed by atoms with Gasteiger partial charge in [0.2, 0.25) is 5.91 Å². The molecule has 138 valence electrons. The molecule has 2 amide bonds. The van der Waals surface area contributed by atoms with E-state index in [1.165, 1.54) is 25.7 Å². The summed E-state index contributed by atoms with van der Waals surface area (Å²) in [5.74, 6) is 1.13. The molecule has 25 heavy (non-hydrogen) atoms. The molecule has 3 rings (SSSR count). The first-order valence-corrected chi connectivity index (χ1v) is 9.67. The minimum Gasteiger partial charge on any atom is -0.341 e. The quantitative estimate of drug-likeness (QED) is 0.911. The Hall–Kier alpha value is -1.85. The molecule has 0 spiro atoms. The Morgan fingerprint density at radius 3 is 2.48 bits per heavy atom. The maximum absolute atomic E-state index is 12.7. The average Bonchev–Trinajstić information content (AvgIpc) is 3.21. The van der Waals surface area contributed by atoms with Crippen molar-refractivity contribution >= 4 is 11.8 Å². The number of nitrogens with one attached hydrogen (secondary N) is 1. The summed E-state index contributed by atoms with van der Waals surface area (Å²) in [5, 5.41) is 7.12. The lowest BCUT2D eigenvalue weighted by Crippen LogP contribution is -2.37. The maximum Gasteiger partial charge on any atom is 0.274 e. The van der Waals surface area contributed by atoms with Crippen LogP contribution >= 0.6 is 0 Å². The summed E-state index contributed by atoms with van der Waals surface area (Å²) in [6, 6.07) is 1.85. The van der Waals surface area contributed by atoms with E-state index in [-0.39, 0.29) is 11.8 Å². The molecule has 1 aliphatic carbocycles. The molecular weight excluding hydrogens is 316 g/mol. The van der Waals surface area contributed by atoms with Crippen LogP contribution in [0, 0.1) is 5.92 Å². The topological polar surface area (TPSA) is 69.3 Å². The van der Waals surface area contributed by atoms with Crippen molar-refractivity contribution in [2.24, 2.45) is 5.92 Å². The van der Waals surface area contributed by atoms with Crippen molar-refractivity contribution in [3.05, 3.63) is 17.5 Å². The second-order valence-electron chi connectivity index (χ2n) is 7.74. The van der Waals surface area contributed by atoms with Gasteiger partial charge in [0.15, 0.2) is 0 Å². The van der Waals surface area contributed by atoms with E-state index in [1.807, 2.05) is 15.9 Å². The van der Waals surface area contributed by atoms with Crippen LogP contribution in [0.25, 0.3) is 0 Å². The van der Waals surface area contributed by atoms with E-state index in [4.69, 9.17) is 0 Å². The molecule has 0 atom stereocenters. The Balaban J connectivity index is 1.55. The van der Waals surface area contributed by atoms with Crippen LogP contribution in [0.15, 0.2) is 6.07 Å². The van der Waals surface area contributed by atoms with Gasteiger partial charge in [0, 0.05) is 38.3 Å². The highest BCUT2D eigenvalue weighted by molar-refractivity contribution is 5.92. The monoisotopic (exact) mass is 346 g/mol. The standard InChI is InChI=1S/C19H30N4O2/c1-14(2)16-13-17(21-20-16)19(25)23-9-5-8-22(10-11-23)18(24)12-15-6-3-4-7-15/h13-15H,3-12H2,1-2H3,(H,20,21). The number of nitrogens with zero attached hydrogens (tertiary/aromatic N) is 3. The molecule has 6 heteroatoms. The highest BCUT2D eigenvalue weighted by Gasteiger charge is 2.26. The molecule has 0 bridgehead atoms. The largest absolute Gasteiger partial charge is 0.341 e. The third-order valence-corrected chi connectivity index (χ3v) is 5.51. The molecule has 2 aliphatic rings. The van der Waals surface area contributed by atoms with Gasteiger partial charge in [0.05, 0.1) is 0 Å². The molecular formula is C19H30N4O2. The van der Waals surface area contributed by atoms with Gasteiger partial charge in [-0.3, -0.25) is 14.7 Å². The minimum atomic E-state index is -0.0340. The molecule has 1 saturated carbocycles. The second-order valence-corrected chi connectivity index (χ2v) is 7.74. The molecule has 0 radical (unpaired) electrons. The number of amides is 2. The van der Waals surface area contributed by atoms with Crippen LogP contribution < -0.4 is 0 Å².